The average Bonchev–Trinajstić information content (AvgIpc) is 2.81. The number of hydrogen-bond acceptors (Lipinski definition) is 5. The van der Waals surface area contributed by atoms with Crippen LogP contribution in [-0.2, 0) is 16.6 Å². The van der Waals surface area contributed by atoms with Crippen molar-refractivity contribution >= 4 is 17.7 Å². The third-order valence-electron chi connectivity index (χ3n) is 5.87. The van der Waals surface area contributed by atoms with Gasteiger partial charge in [0.15, 0.2) is 5.69 Å². The zero-order valence-corrected chi connectivity index (χ0v) is 20.6. The van der Waals surface area contributed by atoms with Gasteiger partial charge in [-0.3, -0.25) is 9.59 Å². The summed E-state index contributed by atoms with van der Waals surface area (Å²) in [6, 6.07) is 11.9. The highest BCUT2D eigenvalue weighted by molar-refractivity contribution is 5.91. The Balaban J connectivity index is 2.01. The van der Waals surface area contributed by atoms with E-state index in [0.717, 1.165) is 33.4 Å². The van der Waals surface area contributed by atoms with Crippen molar-refractivity contribution in [2.75, 3.05) is 11.9 Å². The van der Waals surface area contributed by atoms with Crippen molar-refractivity contribution in [1.29, 1.82) is 0 Å². The van der Waals surface area contributed by atoms with Crippen molar-refractivity contribution in [2.24, 2.45) is 7.05 Å². The molecule has 0 aliphatic rings. The molecule has 35 heavy (non-hydrogen) atoms. The molecule has 2 aromatic carbocycles. The number of amides is 2. The van der Waals surface area contributed by atoms with Gasteiger partial charge in [-0.1, -0.05) is 42.0 Å². The Morgan fingerprint density at radius 2 is 1.80 bits per heavy atom. The predicted molar refractivity (Wildman–Crippen MR) is 136 cm³/mol. The van der Waals surface area contributed by atoms with Crippen LogP contribution >= 0.6 is 0 Å². The molecule has 1 unspecified atom stereocenters. The Morgan fingerprint density at radius 3 is 2.49 bits per heavy atom. The highest BCUT2D eigenvalue weighted by Crippen LogP contribution is 2.33. The smallest absolute Gasteiger partial charge is 0.319 e. The predicted octanol–water partition coefficient (Wildman–Crippen LogP) is 4.50. The standard InChI is InChI=1S/C27H31N3O5/c1-6-35-24(32)15-22(28-27(34)29-25-23(31)11-12-30(5)26(25)33)21-14-16(2)13-20(18(21)4)19-10-8-7-9-17(19)3/h7-14,22,31H,6,15H2,1-5H3,(H2,28,29,34). The first-order valence-corrected chi connectivity index (χ1v) is 11.4. The molecule has 0 aliphatic carbocycles. The van der Waals surface area contributed by atoms with Crippen LogP contribution in [0.3, 0.4) is 0 Å². The van der Waals surface area contributed by atoms with Gasteiger partial charge in [0.1, 0.15) is 5.75 Å². The van der Waals surface area contributed by atoms with Crippen LogP contribution in [0.25, 0.3) is 11.1 Å². The fourth-order valence-corrected chi connectivity index (χ4v) is 4.07. The Bertz CT molecular complexity index is 1310. The molecular weight excluding hydrogens is 446 g/mol. The molecule has 1 aromatic heterocycles. The van der Waals surface area contributed by atoms with Gasteiger partial charge in [-0.2, -0.15) is 0 Å². The molecule has 1 heterocycles. The highest BCUT2D eigenvalue weighted by Gasteiger charge is 2.24. The molecule has 0 aliphatic heterocycles. The minimum atomic E-state index is -0.730. The molecule has 8 nitrogen and oxygen atoms in total. The lowest BCUT2D eigenvalue weighted by atomic mass is 9.88. The molecule has 3 N–H and O–H groups in total. The van der Waals surface area contributed by atoms with E-state index in [0.29, 0.717) is 0 Å². The molecule has 184 valence electrons. The SMILES string of the molecule is CCOC(=O)CC(NC(=O)Nc1c(O)ccn(C)c1=O)c1cc(C)cc(-c2ccccc2C)c1C. The second-order valence-corrected chi connectivity index (χ2v) is 8.49. The van der Waals surface area contributed by atoms with E-state index < -0.39 is 23.6 Å². The maximum atomic E-state index is 12.9. The van der Waals surface area contributed by atoms with Gasteiger partial charge in [0.05, 0.1) is 19.1 Å². The summed E-state index contributed by atoms with van der Waals surface area (Å²) in [5.41, 5.74) is 5.01. The summed E-state index contributed by atoms with van der Waals surface area (Å²) in [6.45, 7) is 7.87. The van der Waals surface area contributed by atoms with Gasteiger partial charge < -0.3 is 25.0 Å². The number of aryl methyl sites for hydroxylation is 3. The first-order chi connectivity index (χ1) is 16.6. The van der Waals surface area contributed by atoms with E-state index in [1.165, 1.54) is 23.9 Å². The minimum Gasteiger partial charge on any atom is -0.505 e. The molecule has 0 radical (unpaired) electrons. The van der Waals surface area contributed by atoms with Crippen molar-refractivity contribution in [3.63, 3.8) is 0 Å². The maximum Gasteiger partial charge on any atom is 0.319 e. The highest BCUT2D eigenvalue weighted by atomic mass is 16.5. The van der Waals surface area contributed by atoms with Gasteiger partial charge >= 0.3 is 12.0 Å². The molecule has 3 rings (SSSR count). The van der Waals surface area contributed by atoms with Crippen LogP contribution in [0.2, 0.25) is 0 Å². The number of ether oxygens (including phenoxy) is 1. The van der Waals surface area contributed by atoms with Gasteiger partial charge in [0.25, 0.3) is 5.56 Å². The van der Waals surface area contributed by atoms with Crippen LogP contribution in [-0.4, -0.2) is 28.3 Å². The summed E-state index contributed by atoms with van der Waals surface area (Å²) >= 11 is 0. The summed E-state index contributed by atoms with van der Waals surface area (Å²) in [7, 11) is 1.51. The molecular formula is C27H31N3O5. The minimum absolute atomic E-state index is 0.0997. The molecule has 3 aromatic rings. The maximum absolute atomic E-state index is 12.9. The van der Waals surface area contributed by atoms with Gasteiger partial charge in [-0.25, -0.2) is 4.79 Å². The van der Waals surface area contributed by atoms with E-state index in [1.54, 1.807) is 6.92 Å². The molecule has 0 bridgehead atoms. The van der Waals surface area contributed by atoms with Crippen molar-refractivity contribution in [3.05, 3.63) is 81.3 Å². The first kappa shape index (κ1) is 25.6. The Labute approximate surface area is 204 Å². The normalized spacial score (nSPS) is 11.6. The number of aromatic hydroxyl groups is 1. The van der Waals surface area contributed by atoms with Gasteiger partial charge in [-0.05, 0) is 61.6 Å². The number of carbonyl (C=O) groups excluding carboxylic acids is 2. The Morgan fingerprint density at radius 1 is 1.09 bits per heavy atom. The molecule has 8 heteroatoms. The van der Waals surface area contributed by atoms with Crippen molar-refractivity contribution in [3.8, 4) is 16.9 Å². The van der Waals surface area contributed by atoms with Crippen molar-refractivity contribution in [1.82, 2.24) is 9.88 Å². The number of rotatable bonds is 7. The lowest BCUT2D eigenvalue weighted by Gasteiger charge is -2.23. The summed E-state index contributed by atoms with van der Waals surface area (Å²) in [5.74, 6) is -0.812. The van der Waals surface area contributed by atoms with Crippen molar-refractivity contribution in [2.45, 2.75) is 40.2 Å². The number of carbonyl (C=O) groups is 2. The topological polar surface area (TPSA) is 110 Å². The monoisotopic (exact) mass is 477 g/mol. The fourth-order valence-electron chi connectivity index (χ4n) is 4.07. The molecule has 0 spiro atoms. The number of nitrogens with one attached hydrogen (secondary N) is 2. The van der Waals surface area contributed by atoms with Crippen LogP contribution < -0.4 is 16.2 Å². The number of anilines is 1. The second-order valence-electron chi connectivity index (χ2n) is 8.49. The molecule has 2 amide bonds. The number of hydrogen-bond donors (Lipinski definition) is 3. The van der Waals surface area contributed by atoms with Gasteiger partial charge in [0.2, 0.25) is 0 Å². The lowest BCUT2D eigenvalue weighted by molar-refractivity contribution is -0.143. The van der Waals surface area contributed by atoms with Crippen LogP contribution in [0.5, 0.6) is 5.75 Å². The van der Waals surface area contributed by atoms with Crippen LogP contribution in [0.15, 0.2) is 53.5 Å². The van der Waals surface area contributed by atoms with Crippen LogP contribution in [0, 0.1) is 20.8 Å². The quantitative estimate of drug-likeness (QED) is 0.434. The molecule has 0 saturated heterocycles. The van der Waals surface area contributed by atoms with E-state index >= 15 is 0 Å². The zero-order valence-electron chi connectivity index (χ0n) is 20.6. The van der Waals surface area contributed by atoms with E-state index in [2.05, 4.69) is 16.7 Å². The number of pyridine rings is 1. The van der Waals surface area contributed by atoms with E-state index in [4.69, 9.17) is 4.74 Å². The van der Waals surface area contributed by atoms with Gasteiger partial charge in [-0.15, -0.1) is 0 Å². The second kappa shape index (κ2) is 10.9. The van der Waals surface area contributed by atoms with E-state index in [9.17, 15) is 19.5 Å². The van der Waals surface area contributed by atoms with E-state index in [1.807, 2.05) is 51.1 Å². The molecule has 0 fully saturated rings. The molecule has 0 saturated carbocycles. The molecule has 1 atom stereocenters. The number of urea groups is 1. The van der Waals surface area contributed by atoms with Crippen LogP contribution in [0.4, 0.5) is 10.5 Å². The number of esters is 1. The summed E-state index contributed by atoms with van der Waals surface area (Å²) in [4.78, 5) is 37.7. The Hall–Kier alpha value is -4.07. The Kier molecular flexibility index (Phi) is 7.96. The zero-order chi connectivity index (χ0) is 25.7. The number of benzene rings is 2. The summed E-state index contributed by atoms with van der Waals surface area (Å²) in [6.07, 6.45) is 1.30. The average molecular weight is 478 g/mol. The largest absolute Gasteiger partial charge is 0.505 e. The summed E-state index contributed by atoms with van der Waals surface area (Å²) in [5, 5.41) is 15.3. The van der Waals surface area contributed by atoms with Crippen LogP contribution in [0.1, 0.15) is 41.6 Å². The number of nitrogens with zero attached hydrogens (tertiary/aromatic N) is 1. The van der Waals surface area contributed by atoms with Gasteiger partial charge in [0, 0.05) is 13.2 Å². The summed E-state index contributed by atoms with van der Waals surface area (Å²) < 4.78 is 6.39. The van der Waals surface area contributed by atoms with Crippen molar-refractivity contribution < 1.29 is 19.4 Å². The fraction of sp³-hybridized carbons (Fsp3) is 0.296. The third kappa shape index (κ3) is 5.90. The van der Waals surface area contributed by atoms with E-state index in [-0.39, 0.29) is 24.5 Å². The third-order valence-corrected chi connectivity index (χ3v) is 5.87. The first-order valence-electron chi connectivity index (χ1n) is 11.4. The number of aromatic nitrogens is 1. The lowest BCUT2D eigenvalue weighted by Crippen LogP contribution is -2.36.